The predicted molar refractivity (Wildman–Crippen MR) is 62.2 cm³/mol. The highest BCUT2D eigenvalue weighted by Gasteiger charge is 2.09. The molecule has 1 rings (SSSR count). The van der Waals surface area contributed by atoms with Gasteiger partial charge in [-0.15, -0.1) is 0 Å². The van der Waals surface area contributed by atoms with Gasteiger partial charge >= 0.3 is 0 Å². The number of rotatable bonds is 7. The monoisotopic (exact) mass is 239 g/mol. The molecule has 94 valence electrons. The maximum atomic E-state index is 11.3. The van der Waals surface area contributed by atoms with Crippen molar-refractivity contribution in [3.05, 3.63) is 35.9 Å². The zero-order valence-corrected chi connectivity index (χ0v) is 9.50. The first-order valence-electron chi connectivity index (χ1n) is 5.39. The molecule has 0 aliphatic carbocycles. The van der Waals surface area contributed by atoms with Crippen molar-refractivity contribution in [2.75, 3.05) is 19.8 Å². The Morgan fingerprint density at radius 2 is 1.88 bits per heavy atom. The maximum Gasteiger partial charge on any atom is 0.246 e. The third-order valence-electron chi connectivity index (χ3n) is 2.15. The SMILES string of the molecule is O=C(COCc1ccccc1)NC(CO)CO. The van der Waals surface area contributed by atoms with Crippen LogP contribution in [0, 0.1) is 0 Å². The fraction of sp³-hybridized carbons (Fsp3) is 0.417. The number of hydrogen-bond donors (Lipinski definition) is 3. The maximum absolute atomic E-state index is 11.3. The van der Waals surface area contributed by atoms with E-state index in [-0.39, 0.29) is 25.7 Å². The summed E-state index contributed by atoms with van der Waals surface area (Å²) in [5.41, 5.74) is 0.987. The van der Waals surface area contributed by atoms with Crippen molar-refractivity contribution in [1.29, 1.82) is 0 Å². The van der Waals surface area contributed by atoms with Crippen molar-refractivity contribution >= 4 is 5.91 Å². The van der Waals surface area contributed by atoms with Crippen molar-refractivity contribution in [3.63, 3.8) is 0 Å². The minimum atomic E-state index is -0.622. The number of carbonyl (C=O) groups is 1. The van der Waals surface area contributed by atoms with E-state index in [0.717, 1.165) is 5.56 Å². The molecule has 5 nitrogen and oxygen atoms in total. The Bertz CT molecular complexity index is 325. The Balaban J connectivity index is 2.20. The highest BCUT2D eigenvalue weighted by atomic mass is 16.5. The summed E-state index contributed by atoms with van der Waals surface area (Å²) in [5, 5.41) is 20.0. The van der Waals surface area contributed by atoms with Crippen molar-refractivity contribution in [1.82, 2.24) is 5.32 Å². The number of ether oxygens (including phenoxy) is 1. The number of amides is 1. The van der Waals surface area contributed by atoms with Gasteiger partial charge in [-0.1, -0.05) is 30.3 Å². The Hall–Kier alpha value is -1.43. The fourth-order valence-corrected chi connectivity index (χ4v) is 1.25. The van der Waals surface area contributed by atoms with E-state index in [2.05, 4.69) is 5.32 Å². The fourth-order valence-electron chi connectivity index (χ4n) is 1.25. The van der Waals surface area contributed by atoms with Crippen molar-refractivity contribution in [2.45, 2.75) is 12.6 Å². The number of benzene rings is 1. The highest BCUT2D eigenvalue weighted by Crippen LogP contribution is 1.99. The van der Waals surface area contributed by atoms with E-state index in [1.54, 1.807) is 0 Å². The van der Waals surface area contributed by atoms with E-state index in [1.165, 1.54) is 0 Å². The van der Waals surface area contributed by atoms with Gasteiger partial charge in [0.2, 0.25) is 5.91 Å². The molecular formula is C12H17NO4. The van der Waals surface area contributed by atoms with Gasteiger partial charge in [0, 0.05) is 0 Å². The van der Waals surface area contributed by atoms with E-state index >= 15 is 0 Å². The van der Waals surface area contributed by atoms with E-state index in [9.17, 15) is 4.79 Å². The lowest BCUT2D eigenvalue weighted by Crippen LogP contribution is -2.41. The predicted octanol–water partition coefficient (Wildman–Crippen LogP) is -0.327. The Kier molecular flexibility index (Phi) is 6.24. The van der Waals surface area contributed by atoms with E-state index in [4.69, 9.17) is 14.9 Å². The molecule has 5 heteroatoms. The molecule has 0 heterocycles. The second-order valence-electron chi connectivity index (χ2n) is 3.61. The standard InChI is InChI=1S/C12H17NO4/c14-6-11(7-15)13-12(16)9-17-8-10-4-2-1-3-5-10/h1-5,11,14-15H,6-9H2,(H,13,16). The van der Waals surface area contributed by atoms with Crippen molar-refractivity contribution in [3.8, 4) is 0 Å². The molecule has 0 spiro atoms. The van der Waals surface area contributed by atoms with Crippen molar-refractivity contribution in [2.24, 2.45) is 0 Å². The quantitative estimate of drug-likeness (QED) is 0.609. The lowest BCUT2D eigenvalue weighted by atomic mass is 10.2. The molecule has 1 amide bonds. The van der Waals surface area contributed by atoms with Crippen LogP contribution in [0.25, 0.3) is 0 Å². The largest absolute Gasteiger partial charge is 0.394 e. The van der Waals surface area contributed by atoms with Crippen LogP contribution in [0.2, 0.25) is 0 Å². The molecule has 3 N–H and O–H groups in total. The molecule has 0 atom stereocenters. The molecule has 17 heavy (non-hydrogen) atoms. The van der Waals surface area contributed by atoms with E-state index < -0.39 is 6.04 Å². The lowest BCUT2D eigenvalue weighted by Gasteiger charge is -2.13. The summed E-state index contributed by atoms with van der Waals surface area (Å²) < 4.78 is 5.20. The van der Waals surface area contributed by atoms with Gasteiger partial charge in [-0.25, -0.2) is 0 Å². The van der Waals surface area contributed by atoms with Crippen LogP contribution in [0.15, 0.2) is 30.3 Å². The Morgan fingerprint density at radius 3 is 2.47 bits per heavy atom. The summed E-state index contributed by atoms with van der Waals surface area (Å²) in [6, 6.07) is 8.88. The molecule has 0 bridgehead atoms. The minimum absolute atomic E-state index is 0.0919. The molecule has 0 saturated heterocycles. The molecule has 0 radical (unpaired) electrons. The van der Waals surface area contributed by atoms with Crippen LogP contribution < -0.4 is 5.32 Å². The van der Waals surface area contributed by atoms with Crippen LogP contribution in [-0.2, 0) is 16.1 Å². The Morgan fingerprint density at radius 1 is 1.24 bits per heavy atom. The summed E-state index contributed by atoms with van der Waals surface area (Å²) in [4.78, 5) is 11.3. The van der Waals surface area contributed by atoms with Crippen LogP contribution in [0.4, 0.5) is 0 Å². The number of nitrogens with one attached hydrogen (secondary N) is 1. The van der Waals surface area contributed by atoms with Crippen LogP contribution in [0.5, 0.6) is 0 Å². The highest BCUT2D eigenvalue weighted by molar-refractivity contribution is 5.77. The van der Waals surface area contributed by atoms with Crippen LogP contribution in [0.3, 0.4) is 0 Å². The number of aliphatic hydroxyl groups excluding tert-OH is 2. The summed E-state index contributed by atoms with van der Waals surface area (Å²) in [6.45, 7) is -0.315. The smallest absolute Gasteiger partial charge is 0.246 e. The average Bonchev–Trinajstić information content (AvgIpc) is 2.37. The zero-order chi connectivity index (χ0) is 12.5. The topological polar surface area (TPSA) is 78.8 Å². The first kappa shape index (κ1) is 13.6. The molecule has 0 aromatic heterocycles. The van der Waals surface area contributed by atoms with Gasteiger partial charge in [-0.3, -0.25) is 4.79 Å². The molecule has 1 aromatic rings. The summed E-state index contributed by atoms with van der Waals surface area (Å²) >= 11 is 0. The van der Waals surface area contributed by atoms with Gasteiger partial charge in [0.1, 0.15) is 6.61 Å². The molecule has 1 aromatic carbocycles. The van der Waals surface area contributed by atoms with Crippen LogP contribution in [0.1, 0.15) is 5.56 Å². The van der Waals surface area contributed by atoms with Gasteiger partial charge in [0.15, 0.2) is 0 Å². The number of aliphatic hydroxyl groups is 2. The lowest BCUT2D eigenvalue weighted by molar-refractivity contribution is -0.127. The zero-order valence-electron chi connectivity index (χ0n) is 9.50. The molecule has 0 aliphatic heterocycles. The van der Waals surface area contributed by atoms with Crippen molar-refractivity contribution < 1.29 is 19.7 Å². The van der Waals surface area contributed by atoms with E-state index in [1.807, 2.05) is 30.3 Å². The second kappa shape index (κ2) is 7.78. The van der Waals surface area contributed by atoms with Crippen LogP contribution in [-0.4, -0.2) is 42.0 Å². The summed E-state index contributed by atoms with van der Waals surface area (Å²) in [5.74, 6) is -0.353. The van der Waals surface area contributed by atoms with Gasteiger partial charge < -0.3 is 20.3 Å². The van der Waals surface area contributed by atoms with Crippen LogP contribution >= 0.6 is 0 Å². The first-order valence-corrected chi connectivity index (χ1v) is 5.39. The first-order chi connectivity index (χ1) is 8.26. The average molecular weight is 239 g/mol. The molecule has 0 fully saturated rings. The van der Waals surface area contributed by atoms with Gasteiger partial charge in [-0.2, -0.15) is 0 Å². The summed E-state index contributed by atoms with van der Waals surface area (Å²) in [7, 11) is 0. The number of carbonyl (C=O) groups excluding carboxylic acids is 1. The van der Waals surface area contributed by atoms with Gasteiger partial charge in [0.25, 0.3) is 0 Å². The summed E-state index contributed by atoms with van der Waals surface area (Å²) in [6.07, 6.45) is 0. The van der Waals surface area contributed by atoms with Gasteiger partial charge in [-0.05, 0) is 5.56 Å². The molecular weight excluding hydrogens is 222 g/mol. The van der Waals surface area contributed by atoms with Gasteiger partial charge in [0.05, 0.1) is 25.9 Å². The second-order valence-corrected chi connectivity index (χ2v) is 3.61. The Labute approximate surface area is 100 Å². The molecule has 0 saturated carbocycles. The third-order valence-corrected chi connectivity index (χ3v) is 2.15. The van der Waals surface area contributed by atoms with E-state index in [0.29, 0.717) is 6.61 Å². The minimum Gasteiger partial charge on any atom is -0.394 e. The third kappa shape index (κ3) is 5.44. The normalized spacial score (nSPS) is 10.5. The number of hydrogen-bond acceptors (Lipinski definition) is 4. The molecule has 0 aliphatic rings. The molecule has 0 unspecified atom stereocenters.